The molecule has 1 aliphatic rings. The van der Waals surface area contributed by atoms with E-state index >= 15 is 0 Å². The van der Waals surface area contributed by atoms with Crippen molar-refractivity contribution >= 4 is 23.2 Å². The Labute approximate surface area is 156 Å². The summed E-state index contributed by atoms with van der Waals surface area (Å²) >= 11 is 1.56. The maximum Gasteiger partial charge on any atom is 0.317 e. The summed E-state index contributed by atoms with van der Waals surface area (Å²) in [5, 5.41) is 4.77. The highest BCUT2D eigenvalue weighted by Crippen LogP contribution is 2.42. The van der Waals surface area contributed by atoms with E-state index in [1.165, 1.54) is 12.1 Å². The Bertz CT molecular complexity index is 769. The summed E-state index contributed by atoms with van der Waals surface area (Å²) < 4.78 is 19.0. The zero-order valence-corrected chi connectivity index (χ0v) is 15.5. The fourth-order valence-corrected chi connectivity index (χ4v) is 4.27. The number of hydrogen-bond donors (Lipinski definition) is 1. The smallest absolute Gasteiger partial charge is 0.317 e. The summed E-state index contributed by atoms with van der Waals surface area (Å²) in [5.74, 6) is -1.16. The number of ether oxygens (including phenoxy) is 1. The van der Waals surface area contributed by atoms with Crippen LogP contribution in [0.5, 0.6) is 0 Å². The second-order valence-electron chi connectivity index (χ2n) is 6.68. The highest BCUT2D eigenvalue weighted by Gasteiger charge is 2.44. The van der Waals surface area contributed by atoms with Crippen molar-refractivity contribution < 1.29 is 18.7 Å². The topological polar surface area (TPSA) is 55.4 Å². The molecule has 2 aromatic rings. The van der Waals surface area contributed by atoms with Crippen molar-refractivity contribution in [1.29, 1.82) is 0 Å². The lowest BCUT2D eigenvalue weighted by Crippen LogP contribution is -2.38. The van der Waals surface area contributed by atoms with Gasteiger partial charge in [0.05, 0.1) is 11.5 Å². The first-order valence-electron chi connectivity index (χ1n) is 8.77. The molecule has 4 nitrogen and oxygen atoms in total. The molecule has 1 aliphatic carbocycles. The Kier molecular flexibility index (Phi) is 5.71. The monoisotopic (exact) mass is 375 g/mol. The lowest BCUT2D eigenvalue weighted by atomic mass is 9.79. The molecule has 0 saturated heterocycles. The molecular formula is C20H22FNO3S. The summed E-state index contributed by atoms with van der Waals surface area (Å²) in [6, 6.07) is 9.85. The lowest BCUT2D eigenvalue weighted by Gasteiger charge is -2.27. The quantitative estimate of drug-likeness (QED) is 0.773. The molecule has 26 heavy (non-hydrogen) atoms. The van der Waals surface area contributed by atoms with Crippen LogP contribution in [0.2, 0.25) is 0 Å². The number of nitrogens with one attached hydrogen (secondary N) is 1. The van der Waals surface area contributed by atoms with Crippen LogP contribution in [-0.2, 0) is 19.7 Å². The molecule has 1 atom stereocenters. The van der Waals surface area contributed by atoms with Gasteiger partial charge in [-0.3, -0.25) is 9.59 Å². The van der Waals surface area contributed by atoms with E-state index in [1.807, 2.05) is 24.4 Å². The average Bonchev–Trinajstić information content (AvgIpc) is 3.31. The van der Waals surface area contributed by atoms with E-state index in [2.05, 4.69) is 5.32 Å². The van der Waals surface area contributed by atoms with Gasteiger partial charge in [-0.1, -0.05) is 31.0 Å². The maximum atomic E-state index is 13.6. The van der Waals surface area contributed by atoms with Crippen LogP contribution in [0.3, 0.4) is 0 Å². The lowest BCUT2D eigenvalue weighted by molar-refractivity contribution is -0.154. The van der Waals surface area contributed by atoms with Gasteiger partial charge in [0.25, 0.3) is 5.91 Å². The van der Waals surface area contributed by atoms with E-state index in [9.17, 15) is 14.0 Å². The van der Waals surface area contributed by atoms with Crippen LogP contribution in [-0.4, -0.2) is 18.5 Å². The van der Waals surface area contributed by atoms with E-state index in [4.69, 9.17) is 4.74 Å². The zero-order valence-electron chi connectivity index (χ0n) is 14.7. The highest BCUT2D eigenvalue weighted by atomic mass is 32.1. The average molecular weight is 375 g/mol. The van der Waals surface area contributed by atoms with Gasteiger partial charge >= 0.3 is 5.97 Å². The zero-order chi connectivity index (χ0) is 18.6. The molecule has 1 aromatic carbocycles. The molecule has 0 spiro atoms. The van der Waals surface area contributed by atoms with E-state index in [1.54, 1.807) is 23.5 Å². The van der Waals surface area contributed by atoms with Crippen LogP contribution < -0.4 is 5.32 Å². The first-order chi connectivity index (χ1) is 12.5. The van der Waals surface area contributed by atoms with Gasteiger partial charge < -0.3 is 10.1 Å². The summed E-state index contributed by atoms with van der Waals surface area (Å²) in [6.07, 6.45) is 2.99. The van der Waals surface area contributed by atoms with Gasteiger partial charge in [-0.05, 0) is 48.9 Å². The Hall–Kier alpha value is -2.21. The van der Waals surface area contributed by atoms with Gasteiger partial charge in [0.15, 0.2) is 6.61 Å². The van der Waals surface area contributed by atoms with Crippen LogP contribution in [0, 0.1) is 5.82 Å². The number of hydrogen-bond acceptors (Lipinski definition) is 4. The first-order valence-corrected chi connectivity index (χ1v) is 9.65. The van der Waals surface area contributed by atoms with Crippen molar-refractivity contribution in [2.75, 3.05) is 6.61 Å². The Morgan fingerprint density at radius 1 is 1.27 bits per heavy atom. The minimum absolute atomic E-state index is 0.134. The van der Waals surface area contributed by atoms with Crippen molar-refractivity contribution in [1.82, 2.24) is 5.32 Å². The van der Waals surface area contributed by atoms with E-state index in [0.29, 0.717) is 18.4 Å². The Morgan fingerprint density at radius 2 is 2.04 bits per heavy atom. The van der Waals surface area contributed by atoms with Gasteiger partial charge in [0.2, 0.25) is 0 Å². The number of benzene rings is 1. The van der Waals surface area contributed by atoms with Crippen LogP contribution in [0.1, 0.15) is 49.1 Å². The van der Waals surface area contributed by atoms with Crippen LogP contribution in [0.25, 0.3) is 0 Å². The Balaban J connectivity index is 1.63. The minimum atomic E-state index is -0.845. The second-order valence-corrected chi connectivity index (χ2v) is 7.66. The number of esters is 1. The van der Waals surface area contributed by atoms with Gasteiger partial charge in [0.1, 0.15) is 5.82 Å². The number of thiophene rings is 1. The van der Waals surface area contributed by atoms with E-state index in [0.717, 1.165) is 17.7 Å². The normalized spacial score (nSPS) is 16.8. The number of carbonyl (C=O) groups excluding carboxylic acids is 2. The van der Waals surface area contributed by atoms with Gasteiger partial charge in [-0.2, -0.15) is 0 Å². The third-order valence-corrected chi connectivity index (χ3v) is 5.96. The molecule has 1 N–H and O–H groups in total. The number of halogens is 1. The third-order valence-electron chi connectivity index (χ3n) is 4.91. The molecule has 1 amide bonds. The molecule has 0 radical (unpaired) electrons. The number of amides is 1. The maximum absolute atomic E-state index is 13.6. The largest absolute Gasteiger partial charge is 0.455 e. The van der Waals surface area contributed by atoms with Crippen molar-refractivity contribution in [3.05, 3.63) is 58.0 Å². The number of rotatable bonds is 6. The standard InChI is InChI=1S/C20H22FNO3S/c1-14(17-8-5-11-26-17)22-18(23)13-25-19(24)20(9-2-3-10-20)15-6-4-7-16(21)12-15/h4-8,11-12,14H,2-3,9-10,13H2,1H3,(H,22,23)/t14-/m1/s1. The first kappa shape index (κ1) is 18.6. The summed E-state index contributed by atoms with van der Waals surface area (Å²) in [4.78, 5) is 25.9. The molecule has 1 fully saturated rings. The van der Waals surface area contributed by atoms with Crippen molar-refractivity contribution in [3.63, 3.8) is 0 Å². The molecule has 6 heteroatoms. The SMILES string of the molecule is C[C@@H](NC(=O)COC(=O)C1(c2cccc(F)c2)CCCC1)c1cccs1. The van der Waals surface area contributed by atoms with Crippen LogP contribution in [0.4, 0.5) is 4.39 Å². The molecule has 1 heterocycles. The molecule has 1 saturated carbocycles. The van der Waals surface area contributed by atoms with Crippen LogP contribution in [0.15, 0.2) is 41.8 Å². The van der Waals surface area contributed by atoms with Crippen molar-refractivity contribution in [2.24, 2.45) is 0 Å². The molecule has 0 bridgehead atoms. The van der Waals surface area contributed by atoms with E-state index < -0.39 is 11.4 Å². The second kappa shape index (κ2) is 7.99. The third kappa shape index (κ3) is 3.96. The fourth-order valence-electron chi connectivity index (χ4n) is 3.54. The van der Waals surface area contributed by atoms with Gasteiger partial charge in [-0.15, -0.1) is 11.3 Å². The summed E-state index contributed by atoms with van der Waals surface area (Å²) in [7, 11) is 0. The van der Waals surface area contributed by atoms with Gasteiger partial charge in [0, 0.05) is 4.88 Å². The van der Waals surface area contributed by atoms with Crippen molar-refractivity contribution in [2.45, 2.75) is 44.1 Å². The van der Waals surface area contributed by atoms with Gasteiger partial charge in [-0.25, -0.2) is 4.39 Å². The van der Waals surface area contributed by atoms with Crippen LogP contribution >= 0.6 is 11.3 Å². The molecule has 0 aliphatic heterocycles. The highest BCUT2D eigenvalue weighted by molar-refractivity contribution is 7.10. The molecule has 138 valence electrons. The minimum Gasteiger partial charge on any atom is -0.455 e. The van der Waals surface area contributed by atoms with Crippen molar-refractivity contribution in [3.8, 4) is 0 Å². The summed E-state index contributed by atoms with van der Waals surface area (Å²) in [5.41, 5.74) is -0.214. The van der Waals surface area contributed by atoms with E-state index in [-0.39, 0.29) is 24.4 Å². The predicted octanol–water partition coefficient (Wildman–Crippen LogP) is 4.12. The molecule has 1 aromatic heterocycles. The molecule has 0 unspecified atom stereocenters. The predicted molar refractivity (Wildman–Crippen MR) is 98.4 cm³/mol. The summed E-state index contributed by atoms with van der Waals surface area (Å²) in [6.45, 7) is 1.56. The fraction of sp³-hybridized carbons (Fsp3) is 0.400. The molecule has 3 rings (SSSR count). The Morgan fingerprint density at radius 3 is 2.69 bits per heavy atom. The molecular weight excluding hydrogens is 353 g/mol. The number of carbonyl (C=O) groups is 2.